The summed E-state index contributed by atoms with van der Waals surface area (Å²) in [6.45, 7) is 2.54. The zero-order chi connectivity index (χ0) is 12.3. The molecule has 1 fully saturated rings. The van der Waals surface area contributed by atoms with Crippen LogP contribution in [0.3, 0.4) is 0 Å². The molecule has 2 rings (SSSR count). The fraction of sp³-hybridized carbons (Fsp3) is 0.500. The van der Waals surface area contributed by atoms with Crippen LogP contribution in [-0.2, 0) is 11.2 Å². The van der Waals surface area contributed by atoms with E-state index in [1.54, 1.807) is 0 Å². The van der Waals surface area contributed by atoms with Crippen molar-refractivity contribution in [2.75, 3.05) is 13.2 Å². The molecule has 1 aromatic carbocycles. The maximum Gasteiger partial charge on any atom is 0.227 e. The van der Waals surface area contributed by atoms with Gasteiger partial charge in [-0.05, 0) is 30.9 Å². The number of carbonyl (C=O) groups is 1. The molecule has 92 valence electrons. The van der Waals surface area contributed by atoms with Gasteiger partial charge in [0.05, 0.1) is 13.0 Å². The standard InChI is InChI=1S/C14H19NO2/c1-11-4-2-3-5-12(11)10-14(17)15(8-9-16)13-6-7-13/h2-5,13,16H,6-10H2,1H3. The third-order valence-electron chi connectivity index (χ3n) is 3.25. The summed E-state index contributed by atoms with van der Waals surface area (Å²) in [5.41, 5.74) is 2.24. The first-order valence-electron chi connectivity index (χ1n) is 6.17. The van der Waals surface area contributed by atoms with E-state index >= 15 is 0 Å². The largest absolute Gasteiger partial charge is 0.395 e. The first kappa shape index (κ1) is 12.1. The van der Waals surface area contributed by atoms with E-state index in [1.165, 1.54) is 0 Å². The van der Waals surface area contributed by atoms with Gasteiger partial charge in [-0.2, -0.15) is 0 Å². The van der Waals surface area contributed by atoms with Crippen LogP contribution < -0.4 is 0 Å². The van der Waals surface area contributed by atoms with Gasteiger partial charge in [-0.1, -0.05) is 24.3 Å². The summed E-state index contributed by atoms with van der Waals surface area (Å²) in [5, 5.41) is 8.99. The minimum atomic E-state index is 0.0516. The lowest BCUT2D eigenvalue weighted by atomic mass is 10.1. The van der Waals surface area contributed by atoms with Crippen LogP contribution in [0.2, 0.25) is 0 Å². The molecule has 0 bridgehead atoms. The maximum atomic E-state index is 12.2. The van der Waals surface area contributed by atoms with Gasteiger partial charge in [-0.15, -0.1) is 0 Å². The summed E-state index contributed by atoms with van der Waals surface area (Å²) < 4.78 is 0. The van der Waals surface area contributed by atoms with Crippen molar-refractivity contribution in [1.29, 1.82) is 0 Å². The number of carbonyl (C=O) groups excluding carboxylic acids is 1. The molecule has 17 heavy (non-hydrogen) atoms. The molecule has 0 saturated heterocycles. The van der Waals surface area contributed by atoms with Crippen molar-refractivity contribution in [3.05, 3.63) is 35.4 Å². The van der Waals surface area contributed by atoms with Crippen LogP contribution in [-0.4, -0.2) is 35.1 Å². The van der Waals surface area contributed by atoms with Crippen LogP contribution >= 0.6 is 0 Å². The first-order valence-corrected chi connectivity index (χ1v) is 6.17. The van der Waals surface area contributed by atoms with Crippen LogP contribution in [0.5, 0.6) is 0 Å². The Morgan fingerprint density at radius 1 is 1.41 bits per heavy atom. The van der Waals surface area contributed by atoms with Crippen molar-refractivity contribution in [3.8, 4) is 0 Å². The maximum absolute atomic E-state index is 12.2. The van der Waals surface area contributed by atoms with Gasteiger partial charge in [0.1, 0.15) is 0 Å². The monoisotopic (exact) mass is 233 g/mol. The number of benzene rings is 1. The van der Waals surface area contributed by atoms with Crippen molar-refractivity contribution in [2.45, 2.75) is 32.2 Å². The lowest BCUT2D eigenvalue weighted by molar-refractivity contribution is -0.131. The predicted octanol–water partition coefficient (Wildman–Crippen LogP) is 1.52. The van der Waals surface area contributed by atoms with Crippen LogP contribution in [0.25, 0.3) is 0 Å². The molecule has 0 aromatic heterocycles. The van der Waals surface area contributed by atoms with E-state index in [0.29, 0.717) is 19.0 Å². The summed E-state index contributed by atoms with van der Waals surface area (Å²) in [6, 6.07) is 8.34. The number of aliphatic hydroxyl groups excluding tert-OH is 1. The van der Waals surface area contributed by atoms with Crippen molar-refractivity contribution in [3.63, 3.8) is 0 Å². The van der Waals surface area contributed by atoms with Gasteiger partial charge in [0.15, 0.2) is 0 Å². The van der Waals surface area contributed by atoms with Crippen molar-refractivity contribution in [2.24, 2.45) is 0 Å². The lowest BCUT2D eigenvalue weighted by Gasteiger charge is -2.21. The van der Waals surface area contributed by atoms with E-state index < -0.39 is 0 Å². The average Bonchev–Trinajstić information content (AvgIpc) is 3.13. The molecule has 1 amide bonds. The van der Waals surface area contributed by atoms with Crippen molar-refractivity contribution in [1.82, 2.24) is 4.90 Å². The second-order valence-electron chi connectivity index (χ2n) is 4.65. The topological polar surface area (TPSA) is 40.5 Å². The van der Waals surface area contributed by atoms with Crippen LogP contribution in [0.4, 0.5) is 0 Å². The van der Waals surface area contributed by atoms with E-state index in [9.17, 15) is 4.79 Å². The van der Waals surface area contributed by atoms with Gasteiger partial charge in [0.2, 0.25) is 5.91 Å². The smallest absolute Gasteiger partial charge is 0.227 e. The Kier molecular flexibility index (Phi) is 3.79. The fourth-order valence-corrected chi connectivity index (χ4v) is 2.08. The molecular formula is C14H19NO2. The summed E-state index contributed by atoms with van der Waals surface area (Å²) >= 11 is 0. The molecule has 3 heteroatoms. The molecule has 0 atom stereocenters. The molecule has 1 saturated carbocycles. The van der Waals surface area contributed by atoms with Gasteiger partial charge >= 0.3 is 0 Å². The van der Waals surface area contributed by atoms with Crippen LogP contribution in [0.1, 0.15) is 24.0 Å². The third kappa shape index (κ3) is 3.07. The van der Waals surface area contributed by atoms with Crippen molar-refractivity contribution >= 4 is 5.91 Å². The van der Waals surface area contributed by atoms with Gasteiger partial charge in [-0.25, -0.2) is 0 Å². The molecule has 0 heterocycles. The van der Waals surface area contributed by atoms with Crippen LogP contribution in [0.15, 0.2) is 24.3 Å². The molecule has 0 spiro atoms. The van der Waals surface area contributed by atoms with E-state index in [4.69, 9.17) is 5.11 Å². The zero-order valence-electron chi connectivity index (χ0n) is 10.2. The number of rotatable bonds is 5. The Hall–Kier alpha value is -1.35. The quantitative estimate of drug-likeness (QED) is 0.837. The Labute approximate surface area is 102 Å². The Bertz CT molecular complexity index is 399. The molecule has 0 aliphatic heterocycles. The van der Waals surface area contributed by atoms with E-state index in [-0.39, 0.29) is 12.5 Å². The van der Waals surface area contributed by atoms with Crippen molar-refractivity contribution < 1.29 is 9.90 Å². The summed E-state index contributed by atoms with van der Waals surface area (Å²) in [7, 11) is 0. The SMILES string of the molecule is Cc1ccccc1CC(=O)N(CCO)C1CC1. The second-order valence-corrected chi connectivity index (χ2v) is 4.65. The van der Waals surface area contributed by atoms with E-state index in [0.717, 1.165) is 24.0 Å². The van der Waals surface area contributed by atoms with Gasteiger partial charge in [0.25, 0.3) is 0 Å². The van der Waals surface area contributed by atoms with Crippen LogP contribution in [0, 0.1) is 6.92 Å². The highest BCUT2D eigenvalue weighted by Crippen LogP contribution is 2.27. The average molecular weight is 233 g/mol. The molecule has 1 aromatic rings. The number of nitrogens with zero attached hydrogens (tertiary/aromatic N) is 1. The Morgan fingerprint density at radius 2 is 2.12 bits per heavy atom. The number of amides is 1. The second kappa shape index (κ2) is 5.32. The number of aryl methyl sites for hydroxylation is 1. The highest BCUT2D eigenvalue weighted by molar-refractivity contribution is 5.79. The molecular weight excluding hydrogens is 214 g/mol. The number of hydrogen-bond donors (Lipinski definition) is 1. The molecule has 1 aliphatic carbocycles. The highest BCUT2D eigenvalue weighted by Gasteiger charge is 2.31. The molecule has 0 unspecified atom stereocenters. The third-order valence-corrected chi connectivity index (χ3v) is 3.25. The highest BCUT2D eigenvalue weighted by atomic mass is 16.3. The lowest BCUT2D eigenvalue weighted by Crippen LogP contribution is -2.36. The normalized spacial score (nSPS) is 14.7. The number of hydrogen-bond acceptors (Lipinski definition) is 2. The summed E-state index contributed by atoms with van der Waals surface area (Å²) in [5.74, 6) is 0.135. The van der Waals surface area contributed by atoms with E-state index in [2.05, 4.69) is 0 Å². The Balaban J connectivity index is 2.02. The Morgan fingerprint density at radius 3 is 2.71 bits per heavy atom. The van der Waals surface area contributed by atoms with Gasteiger partial charge < -0.3 is 10.0 Å². The summed E-state index contributed by atoms with van der Waals surface area (Å²) in [6.07, 6.45) is 2.61. The molecule has 1 aliphatic rings. The number of aliphatic hydroxyl groups is 1. The fourth-order valence-electron chi connectivity index (χ4n) is 2.08. The minimum Gasteiger partial charge on any atom is -0.395 e. The molecule has 1 N–H and O–H groups in total. The van der Waals surface area contributed by atoms with Gasteiger partial charge in [0, 0.05) is 12.6 Å². The predicted molar refractivity (Wildman–Crippen MR) is 66.7 cm³/mol. The van der Waals surface area contributed by atoms with E-state index in [1.807, 2.05) is 36.1 Å². The zero-order valence-corrected chi connectivity index (χ0v) is 10.2. The molecule has 0 radical (unpaired) electrons. The molecule has 3 nitrogen and oxygen atoms in total. The van der Waals surface area contributed by atoms with Gasteiger partial charge in [-0.3, -0.25) is 4.79 Å². The minimum absolute atomic E-state index is 0.0516. The summed E-state index contributed by atoms with van der Waals surface area (Å²) in [4.78, 5) is 14.0. The first-order chi connectivity index (χ1) is 8.22.